The number of anilines is 1. The Hall–Kier alpha value is -2.99. The molecule has 2 N–H and O–H groups in total. The molecule has 2 aromatic carbocycles. The van der Waals surface area contributed by atoms with Gasteiger partial charge in [0.05, 0.1) is 21.6 Å². The van der Waals surface area contributed by atoms with Gasteiger partial charge in [0.2, 0.25) is 0 Å². The molecule has 0 bridgehead atoms. The van der Waals surface area contributed by atoms with E-state index in [-0.39, 0.29) is 21.9 Å². The molecule has 0 radical (unpaired) electrons. The Labute approximate surface area is 239 Å². The molecule has 0 aliphatic carbocycles. The van der Waals surface area contributed by atoms with E-state index in [0.717, 1.165) is 42.7 Å². The molecule has 2 fully saturated rings. The maximum Gasteiger partial charge on any atom is 0.338 e. The number of urea groups is 1. The van der Waals surface area contributed by atoms with Crippen molar-refractivity contribution < 1.29 is 23.9 Å². The van der Waals surface area contributed by atoms with Crippen LogP contribution in [0.3, 0.4) is 0 Å². The third kappa shape index (κ3) is 6.90. The number of rotatable bonds is 8. The molecule has 13 heteroatoms. The van der Waals surface area contributed by atoms with Crippen LogP contribution in [-0.2, 0) is 9.59 Å². The Kier molecular flexibility index (Phi) is 9.37. The van der Waals surface area contributed by atoms with Gasteiger partial charge in [0.15, 0.2) is 22.4 Å². The summed E-state index contributed by atoms with van der Waals surface area (Å²) in [7, 11) is 0. The van der Waals surface area contributed by atoms with Crippen LogP contribution in [-0.4, -0.2) is 58.4 Å². The number of likely N-dealkylation sites (tertiary alicyclic amines) is 1. The van der Waals surface area contributed by atoms with Gasteiger partial charge in [-0.25, -0.2) is 10.2 Å². The Morgan fingerprint density at radius 2 is 1.84 bits per heavy atom. The summed E-state index contributed by atoms with van der Waals surface area (Å²) in [6.07, 6.45) is 3.65. The van der Waals surface area contributed by atoms with Gasteiger partial charge >= 0.3 is 6.03 Å². The third-order valence-electron chi connectivity index (χ3n) is 5.56. The SMILES string of the molecule is CCOc1cc(/C=C2\SC(=S)N(NC(=O)Nc3ccc(Cl)c(Cl)c3)C2=O)ccc1OCC(=O)N1CCCC1. The number of carbonyl (C=O) groups excluding carboxylic acids is 3. The minimum atomic E-state index is -0.676. The van der Waals surface area contributed by atoms with E-state index >= 15 is 0 Å². The standard InChI is InChI=1S/C25H24Cl2N4O5S2/c1-2-35-20-11-15(5-8-19(20)36-14-22(32)30-9-3-4-10-30)12-21-23(33)31(25(37)38-21)29-24(34)28-16-6-7-17(26)18(27)13-16/h5-8,11-13H,2-4,9-10,14H2,1H3,(H2,28,29,34)/b21-12-. The number of thioether (sulfide) groups is 1. The monoisotopic (exact) mass is 594 g/mol. The van der Waals surface area contributed by atoms with Gasteiger partial charge in [-0.2, -0.15) is 5.01 Å². The first-order valence-electron chi connectivity index (χ1n) is 11.7. The van der Waals surface area contributed by atoms with Crippen molar-refractivity contribution in [1.29, 1.82) is 0 Å². The van der Waals surface area contributed by atoms with E-state index < -0.39 is 11.9 Å². The molecule has 0 aromatic heterocycles. The maximum absolute atomic E-state index is 13.0. The molecule has 2 aromatic rings. The number of hydrazine groups is 1. The van der Waals surface area contributed by atoms with Crippen molar-refractivity contribution in [2.24, 2.45) is 0 Å². The summed E-state index contributed by atoms with van der Waals surface area (Å²) in [4.78, 5) is 39.8. The zero-order valence-electron chi connectivity index (χ0n) is 20.3. The molecular weight excluding hydrogens is 571 g/mol. The maximum atomic E-state index is 13.0. The van der Waals surface area contributed by atoms with Crippen LogP contribution >= 0.6 is 47.2 Å². The minimum absolute atomic E-state index is 0.0617. The zero-order valence-corrected chi connectivity index (χ0v) is 23.4. The molecule has 38 heavy (non-hydrogen) atoms. The van der Waals surface area contributed by atoms with Gasteiger partial charge in [-0.1, -0.05) is 41.0 Å². The number of hydrogen-bond acceptors (Lipinski definition) is 7. The lowest BCUT2D eigenvalue weighted by molar-refractivity contribution is -0.132. The van der Waals surface area contributed by atoms with Crippen LogP contribution in [0, 0.1) is 0 Å². The fraction of sp³-hybridized carbons (Fsp3) is 0.280. The van der Waals surface area contributed by atoms with E-state index in [1.165, 1.54) is 6.07 Å². The number of amides is 4. The van der Waals surface area contributed by atoms with E-state index in [1.54, 1.807) is 41.3 Å². The van der Waals surface area contributed by atoms with Crippen molar-refractivity contribution in [2.75, 3.05) is 31.6 Å². The number of carbonyl (C=O) groups is 3. The van der Waals surface area contributed by atoms with Crippen molar-refractivity contribution in [3.63, 3.8) is 0 Å². The van der Waals surface area contributed by atoms with Crippen LogP contribution in [0.1, 0.15) is 25.3 Å². The largest absolute Gasteiger partial charge is 0.490 e. The number of nitrogens with zero attached hydrogens (tertiary/aromatic N) is 2. The summed E-state index contributed by atoms with van der Waals surface area (Å²) in [6, 6.07) is 9.08. The number of benzene rings is 2. The molecule has 200 valence electrons. The normalized spacial score (nSPS) is 16.2. The highest BCUT2D eigenvalue weighted by atomic mass is 35.5. The highest BCUT2D eigenvalue weighted by Gasteiger charge is 2.33. The van der Waals surface area contributed by atoms with Gasteiger partial charge in [0.1, 0.15) is 0 Å². The van der Waals surface area contributed by atoms with Crippen LogP contribution < -0.4 is 20.2 Å². The topological polar surface area (TPSA) is 100 Å². The molecule has 2 aliphatic heterocycles. The second kappa shape index (κ2) is 12.7. The average Bonchev–Trinajstić information content (AvgIpc) is 3.51. The first-order chi connectivity index (χ1) is 18.2. The van der Waals surface area contributed by atoms with E-state index in [1.807, 2.05) is 6.92 Å². The molecule has 2 heterocycles. The lowest BCUT2D eigenvalue weighted by Crippen LogP contribution is -2.46. The predicted octanol–water partition coefficient (Wildman–Crippen LogP) is 5.33. The first-order valence-corrected chi connectivity index (χ1v) is 13.7. The minimum Gasteiger partial charge on any atom is -0.490 e. The summed E-state index contributed by atoms with van der Waals surface area (Å²) < 4.78 is 11.6. The second-order valence-corrected chi connectivity index (χ2v) is 10.7. The first kappa shape index (κ1) is 28.0. The van der Waals surface area contributed by atoms with Gasteiger partial charge < -0.3 is 19.7 Å². The van der Waals surface area contributed by atoms with Gasteiger partial charge in [0, 0.05) is 18.8 Å². The number of ether oxygens (including phenoxy) is 2. The Morgan fingerprint density at radius 3 is 2.55 bits per heavy atom. The highest BCUT2D eigenvalue weighted by molar-refractivity contribution is 8.26. The van der Waals surface area contributed by atoms with E-state index in [0.29, 0.717) is 39.3 Å². The fourth-order valence-electron chi connectivity index (χ4n) is 3.75. The van der Waals surface area contributed by atoms with Crippen molar-refractivity contribution in [3.05, 3.63) is 56.9 Å². The van der Waals surface area contributed by atoms with Crippen molar-refractivity contribution in [1.82, 2.24) is 15.3 Å². The van der Waals surface area contributed by atoms with Crippen LogP contribution in [0.5, 0.6) is 11.5 Å². The third-order valence-corrected chi connectivity index (χ3v) is 7.60. The van der Waals surface area contributed by atoms with Crippen LogP contribution in [0.2, 0.25) is 10.0 Å². The molecule has 0 saturated carbocycles. The predicted molar refractivity (Wildman–Crippen MR) is 153 cm³/mol. The van der Waals surface area contributed by atoms with Gasteiger partial charge in [-0.05, 0) is 74.0 Å². The van der Waals surface area contributed by atoms with Gasteiger partial charge in [0.25, 0.3) is 11.8 Å². The second-order valence-electron chi connectivity index (χ2n) is 8.23. The summed E-state index contributed by atoms with van der Waals surface area (Å²) in [6.45, 7) is 3.66. The van der Waals surface area contributed by atoms with Crippen LogP contribution in [0.4, 0.5) is 10.5 Å². The Bertz CT molecular complexity index is 1300. The zero-order chi connectivity index (χ0) is 27.2. The lowest BCUT2D eigenvalue weighted by atomic mass is 10.2. The van der Waals surface area contributed by atoms with Crippen molar-refractivity contribution >= 4 is 81.1 Å². The van der Waals surface area contributed by atoms with Crippen LogP contribution in [0.15, 0.2) is 41.3 Å². The number of nitrogens with one attached hydrogen (secondary N) is 2. The molecule has 9 nitrogen and oxygen atoms in total. The molecule has 0 unspecified atom stereocenters. The Balaban J connectivity index is 1.41. The van der Waals surface area contributed by atoms with Crippen molar-refractivity contribution in [2.45, 2.75) is 19.8 Å². The van der Waals surface area contributed by atoms with Gasteiger partial charge in [-0.3, -0.25) is 9.59 Å². The van der Waals surface area contributed by atoms with Crippen LogP contribution in [0.25, 0.3) is 6.08 Å². The molecule has 4 rings (SSSR count). The Morgan fingerprint density at radius 1 is 1.08 bits per heavy atom. The fourth-order valence-corrected chi connectivity index (χ4v) is 5.23. The summed E-state index contributed by atoms with van der Waals surface area (Å²) >= 11 is 18.2. The van der Waals surface area contributed by atoms with E-state index in [4.69, 9.17) is 44.9 Å². The van der Waals surface area contributed by atoms with E-state index in [9.17, 15) is 14.4 Å². The smallest absolute Gasteiger partial charge is 0.338 e. The number of hydrogen-bond donors (Lipinski definition) is 2. The molecular formula is C25H24Cl2N4O5S2. The molecule has 0 atom stereocenters. The van der Waals surface area contributed by atoms with Crippen molar-refractivity contribution in [3.8, 4) is 11.5 Å². The molecule has 2 aliphatic rings. The highest BCUT2D eigenvalue weighted by Crippen LogP contribution is 2.34. The molecule has 2 saturated heterocycles. The number of thiocarbonyl (C=S) groups is 1. The van der Waals surface area contributed by atoms with E-state index in [2.05, 4.69) is 10.7 Å². The molecule has 4 amide bonds. The number of halogens is 2. The lowest BCUT2D eigenvalue weighted by Gasteiger charge is -2.17. The average molecular weight is 596 g/mol. The summed E-state index contributed by atoms with van der Waals surface area (Å²) in [5, 5.41) is 4.19. The van der Waals surface area contributed by atoms with Gasteiger partial charge in [-0.15, -0.1) is 0 Å². The summed E-state index contributed by atoms with van der Waals surface area (Å²) in [5.74, 6) is 0.335. The summed E-state index contributed by atoms with van der Waals surface area (Å²) in [5.41, 5.74) is 3.50. The molecule has 0 spiro atoms. The quantitative estimate of drug-likeness (QED) is 0.314.